The minimum absolute atomic E-state index is 0.0197. The molecule has 0 aromatic carbocycles. The maximum atomic E-state index is 11.4. The van der Waals surface area contributed by atoms with Gasteiger partial charge in [-0.15, -0.1) is 0 Å². The van der Waals surface area contributed by atoms with Crippen LogP contribution in [0.25, 0.3) is 0 Å². The van der Waals surface area contributed by atoms with E-state index in [1.165, 1.54) is 57.8 Å². The molecule has 0 amide bonds. The molecule has 0 spiro atoms. The Morgan fingerprint density at radius 3 is 2.30 bits per heavy atom. The van der Waals surface area contributed by atoms with Crippen LogP contribution >= 0.6 is 0 Å². The molecule has 0 N–H and O–H groups in total. The zero-order valence-corrected chi connectivity index (χ0v) is 20.4. The van der Waals surface area contributed by atoms with Gasteiger partial charge < -0.3 is 0 Å². The maximum Gasteiger partial charge on any atom is 0.213 e. The highest BCUT2D eigenvalue weighted by atomic mass is 16.6. The van der Waals surface area contributed by atoms with E-state index in [-0.39, 0.29) is 11.0 Å². The van der Waals surface area contributed by atoms with Gasteiger partial charge in [0.25, 0.3) is 0 Å². The summed E-state index contributed by atoms with van der Waals surface area (Å²) >= 11 is 0. The second-order valence-corrected chi connectivity index (χ2v) is 12.9. The SMILES string of the molecule is CC(C)CCC[C@@H](C)C1CCC2C3CC[C@H]4CC([N+](=O)[O-])CCC4(C)C3CCC21C. The monoisotopic (exact) mass is 417 g/mol. The van der Waals surface area contributed by atoms with E-state index in [0.29, 0.717) is 16.7 Å². The fraction of sp³-hybridized carbons (Fsp3) is 1.00. The van der Waals surface area contributed by atoms with Gasteiger partial charge in [0, 0.05) is 17.8 Å². The first kappa shape index (κ1) is 22.6. The van der Waals surface area contributed by atoms with Gasteiger partial charge in [-0.3, -0.25) is 10.1 Å². The lowest BCUT2D eigenvalue weighted by Gasteiger charge is -2.60. The van der Waals surface area contributed by atoms with Crippen molar-refractivity contribution in [2.24, 2.45) is 52.3 Å². The van der Waals surface area contributed by atoms with E-state index in [9.17, 15) is 10.1 Å². The molecule has 0 bridgehead atoms. The molecule has 0 aromatic rings. The predicted octanol–water partition coefficient (Wildman–Crippen LogP) is 7.75. The average Bonchev–Trinajstić information content (AvgIpc) is 3.04. The molecule has 4 fully saturated rings. The molecule has 9 atom stereocenters. The van der Waals surface area contributed by atoms with Gasteiger partial charge >= 0.3 is 0 Å². The van der Waals surface area contributed by atoms with Crippen molar-refractivity contribution in [3.63, 3.8) is 0 Å². The van der Waals surface area contributed by atoms with Crippen molar-refractivity contribution >= 4 is 0 Å². The molecule has 172 valence electrons. The Bertz CT molecular complexity index is 632. The van der Waals surface area contributed by atoms with Crippen LogP contribution in [0.15, 0.2) is 0 Å². The topological polar surface area (TPSA) is 43.1 Å². The highest BCUT2D eigenvalue weighted by molar-refractivity contribution is 5.09. The molecule has 0 aliphatic heterocycles. The van der Waals surface area contributed by atoms with E-state index in [2.05, 4.69) is 34.6 Å². The van der Waals surface area contributed by atoms with Crippen molar-refractivity contribution in [1.82, 2.24) is 0 Å². The standard InChI is InChI=1S/C27H47NO2/c1-18(2)7-6-8-19(3)23-11-12-24-22-10-9-20-17-21(28(29)30)13-15-26(20,4)25(22)14-16-27(23,24)5/h18-25H,6-17H2,1-5H3/t19-,20+,21?,22?,23?,24?,25?,26?,27?/m1/s1. The van der Waals surface area contributed by atoms with E-state index >= 15 is 0 Å². The van der Waals surface area contributed by atoms with Crippen LogP contribution in [-0.4, -0.2) is 11.0 Å². The largest absolute Gasteiger partial charge is 0.264 e. The van der Waals surface area contributed by atoms with Crippen LogP contribution in [-0.2, 0) is 0 Å². The molecular weight excluding hydrogens is 370 g/mol. The molecule has 0 aromatic heterocycles. The second kappa shape index (κ2) is 8.39. The van der Waals surface area contributed by atoms with Crippen LogP contribution in [0, 0.1) is 62.4 Å². The molecule has 0 saturated heterocycles. The van der Waals surface area contributed by atoms with Gasteiger partial charge in [0.15, 0.2) is 0 Å². The van der Waals surface area contributed by atoms with Crippen molar-refractivity contribution in [2.75, 3.05) is 0 Å². The molecule has 7 unspecified atom stereocenters. The third-order valence-electron chi connectivity index (χ3n) is 11.1. The highest BCUT2D eigenvalue weighted by Gasteiger charge is 2.61. The lowest BCUT2D eigenvalue weighted by Crippen LogP contribution is -2.54. The summed E-state index contributed by atoms with van der Waals surface area (Å²) in [5, 5.41) is 11.4. The summed E-state index contributed by atoms with van der Waals surface area (Å²) in [6.45, 7) is 12.5. The number of nitro groups is 1. The number of fused-ring (bicyclic) bond motifs is 5. The molecule has 0 radical (unpaired) electrons. The summed E-state index contributed by atoms with van der Waals surface area (Å²) in [5.41, 5.74) is 0.928. The van der Waals surface area contributed by atoms with Crippen molar-refractivity contribution in [2.45, 2.75) is 118 Å². The van der Waals surface area contributed by atoms with E-state index in [1.54, 1.807) is 0 Å². The number of nitrogens with zero attached hydrogens (tertiary/aromatic N) is 1. The van der Waals surface area contributed by atoms with Crippen LogP contribution in [0.1, 0.15) is 112 Å². The lowest BCUT2D eigenvalue weighted by molar-refractivity contribution is -0.531. The van der Waals surface area contributed by atoms with E-state index < -0.39 is 0 Å². The summed E-state index contributed by atoms with van der Waals surface area (Å²) in [5.74, 6) is 5.87. The smallest absolute Gasteiger partial charge is 0.213 e. The molecule has 3 heteroatoms. The molecule has 4 aliphatic carbocycles. The third kappa shape index (κ3) is 3.75. The predicted molar refractivity (Wildman–Crippen MR) is 124 cm³/mol. The Kier molecular flexibility index (Phi) is 6.32. The summed E-state index contributed by atoms with van der Waals surface area (Å²) in [6.07, 6.45) is 15.3. The zero-order chi connectivity index (χ0) is 21.7. The minimum Gasteiger partial charge on any atom is -0.264 e. The average molecular weight is 418 g/mol. The Morgan fingerprint density at radius 1 is 0.900 bits per heavy atom. The summed E-state index contributed by atoms with van der Waals surface area (Å²) in [7, 11) is 0. The fourth-order valence-corrected chi connectivity index (χ4v) is 9.45. The second-order valence-electron chi connectivity index (χ2n) is 12.9. The molecule has 4 rings (SSSR count). The van der Waals surface area contributed by atoms with Gasteiger partial charge in [-0.05, 0) is 97.2 Å². The van der Waals surface area contributed by atoms with Crippen molar-refractivity contribution in [1.29, 1.82) is 0 Å². The van der Waals surface area contributed by atoms with E-state index in [0.717, 1.165) is 54.8 Å². The fourth-order valence-electron chi connectivity index (χ4n) is 9.45. The van der Waals surface area contributed by atoms with Gasteiger partial charge in [-0.25, -0.2) is 0 Å². The first-order valence-electron chi connectivity index (χ1n) is 13.3. The first-order chi connectivity index (χ1) is 14.2. The Hall–Kier alpha value is -0.600. The minimum atomic E-state index is -0.268. The van der Waals surface area contributed by atoms with Crippen LogP contribution in [0.2, 0.25) is 0 Å². The van der Waals surface area contributed by atoms with Crippen LogP contribution < -0.4 is 0 Å². The normalized spacial score (nSPS) is 46.7. The Labute approximate surface area is 185 Å². The van der Waals surface area contributed by atoms with Crippen molar-refractivity contribution in [3.8, 4) is 0 Å². The van der Waals surface area contributed by atoms with E-state index in [1.807, 2.05) is 0 Å². The van der Waals surface area contributed by atoms with Gasteiger partial charge in [0.2, 0.25) is 6.04 Å². The highest BCUT2D eigenvalue weighted by Crippen LogP contribution is 2.68. The van der Waals surface area contributed by atoms with Gasteiger partial charge in [0.1, 0.15) is 0 Å². The first-order valence-corrected chi connectivity index (χ1v) is 13.3. The Balaban J connectivity index is 1.45. The number of hydrogen-bond donors (Lipinski definition) is 0. The molecular formula is C27H47NO2. The zero-order valence-electron chi connectivity index (χ0n) is 20.4. The molecule has 0 heterocycles. The molecule has 4 saturated carbocycles. The summed E-state index contributed by atoms with van der Waals surface area (Å²) in [4.78, 5) is 11.4. The number of rotatable bonds is 6. The van der Waals surface area contributed by atoms with Crippen molar-refractivity contribution in [3.05, 3.63) is 10.1 Å². The quantitative estimate of drug-likeness (QED) is 0.327. The lowest BCUT2D eigenvalue weighted by atomic mass is 9.44. The van der Waals surface area contributed by atoms with Gasteiger partial charge in [-0.2, -0.15) is 0 Å². The molecule has 3 nitrogen and oxygen atoms in total. The number of hydrogen-bond acceptors (Lipinski definition) is 2. The van der Waals surface area contributed by atoms with Gasteiger partial charge in [-0.1, -0.05) is 53.9 Å². The summed E-state index contributed by atoms with van der Waals surface area (Å²) in [6, 6.07) is -0.268. The van der Waals surface area contributed by atoms with Crippen molar-refractivity contribution < 1.29 is 4.92 Å². The van der Waals surface area contributed by atoms with Crippen LogP contribution in [0.3, 0.4) is 0 Å². The summed E-state index contributed by atoms with van der Waals surface area (Å²) < 4.78 is 0. The van der Waals surface area contributed by atoms with E-state index in [4.69, 9.17) is 0 Å². The third-order valence-corrected chi connectivity index (χ3v) is 11.1. The van der Waals surface area contributed by atoms with Gasteiger partial charge in [0.05, 0.1) is 0 Å². The molecule has 30 heavy (non-hydrogen) atoms. The molecule has 4 aliphatic rings. The Morgan fingerprint density at radius 2 is 1.60 bits per heavy atom. The maximum absolute atomic E-state index is 11.4. The van der Waals surface area contributed by atoms with Crippen LogP contribution in [0.4, 0.5) is 0 Å². The van der Waals surface area contributed by atoms with Crippen LogP contribution in [0.5, 0.6) is 0 Å².